The van der Waals surface area contributed by atoms with Gasteiger partial charge in [0.2, 0.25) is 0 Å². The Hall–Kier alpha value is -2.32. The van der Waals surface area contributed by atoms with E-state index < -0.39 is 18.1 Å². The number of hydrogen-bond acceptors (Lipinski definition) is 6. The average molecular weight is 593 g/mol. The molecular formula is C31H33N3NaNiO4-. The number of carbonyl (C=O) groups is 2. The van der Waals surface area contributed by atoms with E-state index >= 15 is 0 Å². The Bertz CT molecular complexity index is 1270. The normalized spacial score (nSPS) is 16.9. The summed E-state index contributed by atoms with van der Waals surface area (Å²) in [6, 6.07) is 24.4. The van der Waals surface area contributed by atoms with Gasteiger partial charge in [0.05, 0.1) is 29.7 Å². The predicted octanol–water partition coefficient (Wildman–Crippen LogP) is 0.857. The number of aliphatic imine (C=N–C) groups is 1. The maximum Gasteiger partial charge on any atom is 1.00 e. The van der Waals surface area contributed by atoms with Gasteiger partial charge in [-0.2, -0.15) is 0 Å². The molecule has 3 atom stereocenters. The predicted molar refractivity (Wildman–Crippen MR) is 146 cm³/mol. The second-order valence-electron chi connectivity index (χ2n) is 9.92. The molecular weight excluding hydrogens is 560 g/mol. The number of aliphatic hydroxyl groups is 1. The van der Waals surface area contributed by atoms with Crippen LogP contribution in [0.4, 0.5) is 5.69 Å². The molecule has 7 nitrogen and oxygen atoms in total. The summed E-state index contributed by atoms with van der Waals surface area (Å²) in [5.74, 6) is -2.05. The van der Waals surface area contributed by atoms with Gasteiger partial charge >= 0.3 is 29.6 Å². The number of carbonyl (C=O) groups excluding carboxylic acids is 2. The van der Waals surface area contributed by atoms with Crippen LogP contribution >= 0.6 is 0 Å². The summed E-state index contributed by atoms with van der Waals surface area (Å²) in [5, 5.41) is 27.1. The number of carboxylic acid groups (broad SMARTS) is 1. The van der Waals surface area contributed by atoms with Crippen molar-refractivity contribution >= 4 is 23.3 Å². The van der Waals surface area contributed by atoms with Crippen LogP contribution in [0.3, 0.4) is 0 Å². The van der Waals surface area contributed by atoms with E-state index in [0.29, 0.717) is 29.1 Å². The van der Waals surface area contributed by atoms with Crippen molar-refractivity contribution < 1.29 is 65.9 Å². The molecule has 1 heterocycles. The number of carboxylic acids is 1. The van der Waals surface area contributed by atoms with Crippen molar-refractivity contribution in [3.8, 4) is 0 Å². The second-order valence-corrected chi connectivity index (χ2v) is 9.92. The van der Waals surface area contributed by atoms with E-state index in [1.807, 2.05) is 60.7 Å². The zero-order valence-electron chi connectivity index (χ0n) is 23.1. The van der Waals surface area contributed by atoms with Gasteiger partial charge in [0, 0.05) is 28.6 Å². The number of likely N-dealkylation sites (tertiary alicyclic amines) is 1. The standard InChI is InChI=1S/C31H35N3O4.Na.Ni/c1-21(2)29(35)28(31(37)38)33-27(23-14-7-4-8-15-23)24-16-9-10-17-25(24)32-30(36)26-18-11-19-34(26)20-22-12-5-3-6-13-22;;/h3-10,12-17,21,26,28-29,35H,11,18-20H2,1-2H3,(H2,32,33,36,37,38);;/q;+1;/p-2/t26-,28-,29+;;/m0../s1. The van der Waals surface area contributed by atoms with Gasteiger partial charge in [-0.1, -0.05) is 98.8 Å². The molecule has 1 fully saturated rings. The van der Waals surface area contributed by atoms with E-state index in [1.165, 1.54) is 0 Å². The van der Waals surface area contributed by atoms with E-state index in [0.717, 1.165) is 24.9 Å². The summed E-state index contributed by atoms with van der Waals surface area (Å²) in [6.07, 6.45) is 0.399. The maximum atomic E-state index is 13.5. The zero-order chi connectivity index (χ0) is 27.1. The summed E-state index contributed by atoms with van der Waals surface area (Å²) < 4.78 is 0. The van der Waals surface area contributed by atoms with E-state index in [-0.39, 0.29) is 63.9 Å². The van der Waals surface area contributed by atoms with E-state index in [2.05, 4.69) is 15.2 Å². The molecule has 3 aromatic carbocycles. The van der Waals surface area contributed by atoms with Crippen LogP contribution in [0.1, 0.15) is 43.4 Å². The van der Waals surface area contributed by atoms with Crippen LogP contribution in [-0.4, -0.2) is 52.3 Å². The molecule has 0 spiro atoms. The molecule has 0 saturated carbocycles. The Morgan fingerprint density at radius 2 is 1.60 bits per heavy atom. The Balaban J connectivity index is 0.00000280. The number of amides is 1. The molecule has 0 aliphatic carbocycles. The Morgan fingerprint density at radius 1 is 1.00 bits per heavy atom. The van der Waals surface area contributed by atoms with Crippen molar-refractivity contribution in [1.29, 1.82) is 0 Å². The van der Waals surface area contributed by atoms with Gasteiger partial charge in [-0.3, -0.25) is 9.89 Å². The van der Waals surface area contributed by atoms with Crippen LogP contribution in [0.5, 0.6) is 0 Å². The van der Waals surface area contributed by atoms with Crippen LogP contribution < -0.4 is 34.7 Å². The molecule has 0 unspecified atom stereocenters. The summed E-state index contributed by atoms with van der Waals surface area (Å²) in [4.78, 5) is 32.1. The molecule has 1 aliphatic rings. The summed E-state index contributed by atoms with van der Waals surface area (Å²) in [5.41, 5.74) is 3.04. The molecule has 0 radical (unpaired) electrons. The first-order valence-corrected chi connectivity index (χ1v) is 13.0. The van der Waals surface area contributed by atoms with Gasteiger partial charge in [0.1, 0.15) is 6.04 Å². The Morgan fingerprint density at radius 3 is 2.23 bits per heavy atom. The third-order valence-electron chi connectivity index (χ3n) is 6.83. The second kappa shape index (κ2) is 16.2. The van der Waals surface area contributed by atoms with E-state index in [4.69, 9.17) is 0 Å². The van der Waals surface area contributed by atoms with Crippen molar-refractivity contribution in [2.24, 2.45) is 10.9 Å². The third kappa shape index (κ3) is 8.59. The number of nitrogens with zero attached hydrogens (tertiary/aromatic N) is 3. The van der Waals surface area contributed by atoms with Crippen molar-refractivity contribution in [3.63, 3.8) is 0 Å². The molecule has 3 aromatic rings. The number of rotatable bonds is 10. The fraction of sp³-hybridized carbons (Fsp3) is 0.323. The number of aliphatic carboxylic acids is 1. The largest absolute Gasteiger partial charge is 1.00 e. The number of hydrogen-bond donors (Lipinski definition) is 1. The van der Waals surface area contributed by atoms with E-state index in [1.54, 1.807) is 38.1 Å². The van der Waals surface area contributed by atoms with Gasteiger partial charge in [-0.05, 0) is 36.4 Å². The van der Waals surface area contributed by atoms with Crippen LogP contribution in [0.15, 0.2) is 89.9 Å². The molecule has 0 bridgehead atoms. The topological polar surface area (TPSA) is 107 Å². The molecule has 9 heteroatoms. The van der Waals surface area contributed by atoms with Crippen LogP contribution in [-0.2, 0) is 32.6 Å². The minimum atomic E-state index is -1.48. The van der Waals surface area contributed by atoms with Crippen molar-refractivity contribution in [3.05, 3.63) is 107 Å². The minimum Gasteiger partial charge on any atom is -0.625 e. The van der Waals surface area contributed by atoms with Gasteiger partial charge in [-0.15, -0.1) is 5.69 Å². The van der Waals surface area contributed by atoms with Crippen LogP contribution in [0.2, 0.25) is 0 Å². The van der Waals surface area contributed by atoms with Crippen molar-refractivity contribution in [2.75, 3.05) is 6.54 Å². The van der Waals surface area contributed by atoms with Gasteiger partial charge in [0.25, 0.3) is 0 Å². The summed E-state index contributed by atoms with van der Waals surface area (Å²) >= 11 is 0. The summed E-state index contributed by atoms with van der Waals surface area (Å²) in [7, 11) is 0. The first-order chi connectivity index (χ1) is 18.3. The Labute approximate surface area is 268 Å². The Kier molecular flexibility index (Phi) is 13.7. The third-order valence-corrected chi connectivity index (χ3v) is 6.83. The molecule has 1 aliphatic heterocycles. The molecule has 1 N–H and O–H groups in total. The van der Waals surface area contributed by atoms with Gasteiger partial charge in [-0.25, -0.2) is 0 Å². The van der Waals surface area contributed by atoms with Crippen molar-refractivity contribution in [2.45, 2.75) is 51.4 Å². The summed E-state index contributed by atoms with van der Waals surface area (Å²) in [6.45, 7) is 4.94. The minimum absolute atomic E-state index is 0. The smallest absolute Gasteiger partial charge is 0.625 e. The molecule has 4 rings (SSSR count). The first-order valence-electron chi connectivity index (χ1n) is 13.0. The molecule has 40 heavy (non-hydrogen) atoms. The number of benzene rings is 3. The van der Waals surface area contributed by atoms with Gasteiger partial charge < -0.3 is 25.1 Å². The number of para-hydroxylation sites is 1. The average Bonchev–Trinajstić information content (AvgIpc) is 3.38. The first kappa shape index (κ1) is 33.9. The molecule has 208 valence electrons. The monoisotopic (exact) mass is 592 g/mol. The maximum absolute atomic E-state index is 13.5. The molecule has 1 amide bonds. The van der Waals surface area contributed by atoms with E-state index in [9.17, 15) is 19.8 Å². The van der Waals surface area contributed by atoms with Crippen LogP contribution in [0, 0.1) is 5.92 Å². The zero-order valence-corrected chi connectivity index (χ0v) is 26.0. The van der Waals surface area contributed by atoms with Crippen molar-refractivity contribution in [1.82, 2.24) is 4.90 Å². The van der Waals surface area contributed by atoms with Gasteiger partial charge in [0.15, 0.2) is 0 Å². The van der Waals surface area contributed by atoms with Crippen LogP contribution in [0.25, 0.3) is 5.32 Å². The number of aliphatic hydroxyl groups excluding tert-OH is 1. The molecule has 1 saturated heterocycles. The quantitative estimate of drug-likeness (QED) is 0.278. The molecule has 0 aromatic heterocycles. The fourth-order valence-corrected chi connectivity index (χ4v) is 4.75. The SMILES string of the molecule is CC(C)[C@@H](O)[C@H](N=C(c1ccccc1)c1ccccc1[N-]C(=O)[C@@H]1CCCN1Cc1ccccc1)C(=O)[O-].[Na+].[Ni]. The fourth-order valence-electron chi connectivity index (χ4n) is 4.75.